The summed E-state index contributed by atoms with van der Waals surface area (Å²) in [6, 6.07) is 6.09. The highest BCUT2D eigenvalue weighted by Gasteiger charge is 2.29. The van der Waals surface area contributed by atoms with E-state index in [4.69, 9.17) is 9.47 Å². The van der Waals surface area contributed by atoms with Gasteiger partial charge in [-0.05, 0) is 18.6 Å². The van der Waals surface area contributed by atoms with Crippen molar-refractivity contribution in [2.75, 3.05) is 25.2 Å². The second-order valence-electron chi connectivity index (χ2n) is 4.94. The number of ether oxygens (including phenoxy) is 2. The molecule has 1 aromatic carbocycles. The van der Waals surface area contributed by atoms with E-state index in [0.717, 1.165) is 0 Å². The molecule has 1 aromatic rings. The van der Waals surface area contributed by atoms with E-state index in [-0.39, 0.29) is 17.1 Å². The van der Waals surface area contributed by atoms with Crippen LogP contribution in [0.2, 0.25) is 0 Å². The molecule has 1 N–H and O–H groups in total. The molecule has 0 spiro atoms. The molecule has 2 rings (SSSR count). The Morgan fingerprint density at radius 1 is 1.32 bits per heavy atom. The Hall–Kier alpha value is -2.09. The number of sulfone groups is 1. The standard InChI is InChI=1S/C14H17NO6S/c1-20-12-5-3-2-4-11(12)14(17)21-8-13(16)15-10-6-7-22(18,19)9-10/h2-5,10H,6-9H2,1H3,(H,15,16)/t10-/m1/s1. The van der Waals surface area contributed by atoms with Gasteiger partial charge in [0.05, 0.1) is 18.6 Å². The largest absolute Gasteiger partial charge is 0.496 e. The topological polar surface area (TPSA) is 98.8 Å². The normalized spacial score (nSPS) is 19.4. The number of rotatable bonds is 5. The number of hydrogen-bond acceptors (Lipinski definition) is 6. The van der Waals surface area contributed by atoms with Crippen LogP contribution < -0.4 is 10.1 Å². The van der Waals surface area contributed by atoms with Crippen molar-refractivity contribution in [3.05, 3.63) is 29.8 Å². The van der Waals surface area contributed by atoms with Crippen LogP contribution in [0.25, 0.3) is 0 Å². The molecular weight excluding hydrogens is 310 g/mol. The van der Waals surface area contributed by atoms with Gasteiger partial charge < -0.3 is 14.8 Å². The zero-order valence-corrected chi connectivity index (χ0v) is 12.9. The Kier molecular flexibility index (Phi) is 5.02. The fourth-order valence-corrected chi connectivity index (χ4v) is 3.87. The van der Waals surface area contributed by atoms with Gasteiger partial charge in [0.25, 0.3) is 5.91 Å². The summed E-state index contributed by atoms with van der Waals surface area (Å²) in [5, 5.41) is 2.54. The number of carbonyl (C=O) groups excluding carboxylic acids is 2. The van der Waals surface area contributed by atoms with Crippen LogP contribution in [-0.4, -0.2) is 51.6 Å². The van der Waals surface area contributed by atoms with Crippen LogP contribution in [0.5, 0.6) is 5.75 Å². The first-order valence-corrected chi connectivity index (χ1v) is 8.53. The van der Waals surface area contributed by atoms with Crippen molar-refractivity contribution in [3.8, 4) is 5.75 Å². The molecule has 1 aliphatic rings. The fraction of sp³-hybridized carbons (Fsp3) is 0.429. The first kappa shape index (κ1) is 16.3. The maximum atomic E-state index is 11.9. The summed E-state index contributed by atoms with van der Waals surface area (Å²) in [5.41, 5.74) is 0.223. The zero-order chi connectivity index (χ0) is 16.2. The predicted octanol–water partition coefficient (Wildman–Crippen LogP) is 0.155. The molecule has 0 unspecified atom stereocenters. The lowest BCUT2D eigenvalue weighted by molar-refractivity contribution is -0.124. The lowest BCUT2D eigenvalue weighted by Gasteiger charge is -2.11. The summed E-state index contributed by atoms with van der Waals surface area (Å²) in [6.45, 7) is -0.465. The maximum Gasteiger partial charge on any atom is 0.342 e. The van der Waals surface area contributed by atoms with Gasteiger partial charge in [-0.2, -0.15) is 0 Å². The van der Waals surface area contributed by atoms with Crippen LogP contribution in [0.1, 0.15) is 16.8 Å². The molecule has 7 nitrogen and oxygen atoms in total. The highest BCUT2D eigenvalue weighted by atomic mass is 32.2. The summed E-state index contributed by atoms with van der Waals surface area (Å²) in [7, 11) is -1.63. The van der Waals surface area contributed by atoms with E-state index in [1.165, 1.54) is 13.2 Å². The van der Waals surface area contributed by atoms with Gasteiger partial charge in [0.2, 0.25) is 0 Å². The SMILES string of the molecule is COc1ccccc1C(=O)OCC(=O)N[C@@H]1CCS(=O)(=O)C1. The third-order valence-electron chi connectivity index (χ3n) is 3.26. The van der Waals surface area contributed by atoms with Crippen LogP contribution in [0, 0.1) is 0 Å². The third kappa shape index (κ3) is 4.20. The molecule has 1 fully saturated rings. The Morgan fingerprint density at radius 3 is 2.68 bits per heavy atom. The number of carbonyl (C=O) groups is 2. The predicted molar refractivity (Wildman–Crippen MR) is 78.5 cm³/mol. The molecule has 0 aromatic heterocycles. The van der Waals surface area contributed by atoms with Crippen LogP contribution in [-0.2, 0) is 19.4 Å². The zero-order valence-electron chi connectivity index (χ0n) is 12.1. The molecule has 0 saturated carbocycles. The fourth-order valence-electron chi connectivity index (χ4n) is 2.20. The summed E-state index contributed by atoms with van der Waals surface area (Å²) in [6.07, 6.45) is 0.383. The van der Waals surface area contributed by atoms with Gasteiger partial charge in [-0.15, -0.1) is 0 Å². The smallest absolute Gasteiger partial charge is 0.342 e. The summed E-state index contributed by atoms with van der Waals surface area (Å²) < 4.78 is 32.5. The number of amides is 1. The molecule has 1 aliphatic heterocycles. The highest BCUT2D eigenvalue weighted by Crippen LogP contribution is 2.18. The summed E-state index contributed by atoms with van der Waals surface area (Å²) in [4.78, 5) is 23.6. The number of methoxy groups -OCH3 is 1. The van der Waals surface area contributed by atoms with E-state index < -0.39 is 34.4 Å². The molecule has 0 bridgehead atoms. The van der Waals surface area contributed by atoms with Gasteiger partial charge >= 0.3 is 5.97 Å². The van der Waals surface area contributed by atoms with Gasteiger partial charge in [-0.3, -0.25) is 4.79 Å². The van der Waals surface area contributed by atoms with E-state index in [1.54, 1.807) is 18.2 Å². The Labute approximate surface area is 128 Å². The number of esters is 1. The van der Waals surface area contributed by atoms with Crippen LogP contribution in [0.15, 0.2) is 24.3 Å². The minimum absolute atomic E-state index is 0.0684. The van der Waals surface area contributed by atoms with E-state index in [2.05, 4.69) is 5.32 Å². The second-order valence-corrected chi connectivity index (χ2v) is 7.17. The van der Waals surface area contributed by atoms with Crippen molar-refractivity contribution in [3.63, 3.8) is 0 Å². The minimum Gasteiger partial charge on any atom is -0.496 e. The van der Waals surface area contributed by atoms with Crippen molar-refractivity contribution in [1.82, 2.24) is 5.32 Å². The van der Waals surface area contributed by atoms with Crippen molar-refractivity contribution in [2.45, 2.75) is 12.5 Å². The average molecular weight is 327 g/mol. The first-order valence-electron chi connectivity index (χ1n) is 6.71. The molecule has 1 heterocycles. The van der Waals surface area contributed by atoms with Gasteiger partial charge in [0.1, 0.15) is 11.3 Å². The van der Waals surface area contributed by atoms with Crippen LogP contribution in [0.4, 0.5) is 0 Å². The number of nitrogens with one attached hydrogen (secondary N) is 1. The van der Waals surface area contributed by atoms with Crippen molar-refractivity contribution in [2.24, 2.45) is 0 Å². The van der Waals surface area contributed by atoms with Crippen LogP contribution >= 0.6 is 0 Å². The monoisotopic (exact) mass is 327 g/mol. The Balaban J connectivity index is 1.85. The molecule has 1 saturated heterocycles. The average Bonchev–Trinajstić information content (AvgIpc) is 2.83. The summed E-state index contributed by atoms with van der Waals surface area (Å²) in [5.74, 6) is -0.843. The van der Waals surface area contributed by atoms with Crippen molar-refractivity contribution >= 4 is 21.7 Å². The summed E-state index contributed by atoms with van der Waals surface area (Å²) >= 11 is 0. The van der Waals surface area contributed by atoms with E-state index in [1.807, 2.05) is 0 Å². The Morgan fingerprint density at radius 2 is 2.05 bits per heavy atom. The van der Waals surface area contributed by atoms with Crippen molar-refractivity contribution < 1.29 is 27.5 Å². The maximum absolute atomic E-state index is 11.9. The molecule has 120 valence electrons. The van der Waals surface area contributed by atoms with Crippen LogP contribution in [0.3, 0.4) is 0 Å². The molecule has 1 atom stereocenters. The molecule has 8 heteroatoms. The molecule has 0 radical (unpaired) electrons. The van der Waals surface area contributed by atoms with E-state index in [0.29, 0.717) is 12.2 Å². The quantitative estimate of drug-likeness (QED) is 0.773. The van der Waals surface area contributed by atoms with Crippen molar-refractivity contribution in [1.29, 1.82) is 0 Å². The van der Waals surface area contributed by atoms with Gasteiger partial charge in [-0.1, -0.05) is 12.1 Å². The first-order chi connectivity index (χ1) is 10.4. The lowest BCUT2D eigenvalue weighted by Crippen LogP contribution is -2.38. The van der Waals surface area contributed by atoms with E-state index >= 15 is 0 Å². The lowest BCUT2D eigenvalue weighted by atomic mass is 10.2. The molecule has 0 aliphatic carbocycles. The minimum atomic E-state index is -3.06. The Bertz CT molecular complexity index is 670. The van der Waals surface area contributed by atoms with Gasteiger partial charge in [0.15, 0.2) is 16.4 Å². The van der Waals surface area contributed by atoms with Gasteiger partial charge in [0, 0.05) is 6.04 Å². The second kappa shape index (κ2) is 6.78. The van der Waals surface area contributed by atoms with E-state index in [9.17, 15) is 18.0 Å². The highest BCUT2D eigenvalue weighted by molar-refractivity contribution is 7.91. The number of hydrogen-bond donors (Lipinski definition) is 1. The molecule has 22 heavy (non-hydrogen) atoms. The number of para-hydroxylation sites is 1. The third-order valence-corrected chi connectivity index (χ3v) is 5.03. The molecular formula is C14H17NO6S. The number of benzene rings is 1. The molecule has 1 amide bonds. The van der Waals surface area contributed by atoms with Gasteiger partial charge in [-0.25, -0.2) is 13.2 Å².